The third-order valence-corrected chi connectivity index (χ3v) is 4.22. The molecule has 0 amide bonds. The van der Waals surface area contributed by atoms with Crippen molar-refractivity contribution in [3.8, 4) is 5.75 Å². The largest absolute Gasteiger partial charge is 0.494 e. The molecule has 126 valence electrons. The maximum atomic E-state index is 12.2. The molecule has 0 spiro atoms. The van der Waals surface area contributed by atoms with Crippen LogP contribution >= 0.6 is 15.9 Å². The Labute approximate surface area is 152 Å². The van der Waals surface area contributed by atoms with Crippen LogP contribution in [0.25, 0.3) is 6.08 Å². The highest BCUT2D eigenvalue weighted by atomic mass is 79.9. The topological polar surface area (TPSA) is 26.3 Å². The predicted octanol–water partition coefficient (Wildman–Crippen LogP) is 5.92. The first kappa shape index (κ1) is 18.5. The average Bonchev–Trinajstić information content (AvgIpc) is 2.64. The second-order valence-corrected chi connectivity index (χ2v) is 6.38. The molecular formula is C21H23BrO2. The Morgan fingerprint density at radius 3 is 2.33 bits per heavy atom. The maximum absolute atomic E-state index is 12.2. The van der Waals surface area contributed by atoms with Crippen LogP contribution in [0.2, 0.25) is 0 Å². The molecule has 2 rings (SSSR count). The maximum Gasteiger partial charge on any atom is 0.185 e. The van der Waals surface area contributed by atoms with E-state index in [9.17, 15) is 4.79 Å². The molecule has 0 aliphatic rings. The Kier molecular flexibility index (Phi) is 8.33. The highest BCUT2D eigenvalue weighted by Gasteiger charge is 2.02. The quantitative estimate of drug-likeness (QED) is 0.219. The van der Waals surface area contributed by atoms with Gasteiger partial charge in [-0.25, -0.2) is 0 Å². The molecule has 0 saturated carbocycles. The molecule has 0 aromatic heterocycles. The van der Waals surface area contributed by atoms with Crippen LogP contribution in [0.15, 0.2) is 60.7 Å². The zero-order valence-corrected chi connectivity index (χ0v) is 15.4. The van der Waals surface area contributed by atoms with Crippen LogP contribution in [0.1, 0.15) is 41.6 Å². The van der Waals surface area contributed by atoms with Crippen molar-refractivity contribution < 1.29 is 9.53 Å². The number of rotatable bonds is 10. The van der Waals surface area contributed by atoms with E-state index in [1.54, 1.807) is 6.08 Å². The lowest BCUT2D eigenvalue weighted by Crippen LogP contribution is -1.99. The van der Waals surface area contributed by atoms with E-state index in [-0.39, 0.29) is 5.78 Å². The van der Waals surface area contributed by atoms with Crippen LogP contribution in [0.3, 0.4) is 0 Å². The zero-order valence-electron chi connectivity index (χ0n) is 13.8. The number of carbonyl (C=O) groups excluding carboxylic acids is 1. The van der Waals surface area contributed by atoms with Gasteiger partial charge in [0.25, 0.3) is 0 Å². The molecule has 0 aliphatic carbocycles. The molecule has 0 N–H and O–H groups in total. The van der Waals surface area contributed by atoms with Gasteiger partial charge in [-0.2, -0.15) is 0 Å². The fourth-order valence-electron chi connectivity index (χ4n) is 2.29. The third kappa shape index (κ3) is 6.71. The lowest BCUT2D eigenvalue weighted by molar-refractivity contribution is 0.104. The summed E-state index contributed by atoms with van der Waals surface area (Å²) in [7, 11) is 0. The van der Waals surface area contributed by atoms with E-state index in [0.717, 1.165) is 29.7 Å². The van der Waals surface area contributed by atoms with E-state index in [0.29, 0.717) is 5.56 Å². The smallest absolute Gasteiger partial charge is 0.185 e. The average molecular weight is 387 g/mol. The van der Waals surface area contributed by atoms with Crippen LogP contribution in [-0.2, 0) is 0 Å². The summed E-state index contributed by atoms with van der Waals surface area (Å²) in [5.41, 5.74) is 1.69. The van der Waals surface area contributed by atoms with E-state index in [4.69, 9.17) is 4.74 Å². The van der Waals surface area contributed by atoms with E-state index in [2.05, 4.69) is 15.9 Å². The fourth-order valence-corrected chi connectivity index (χ4v) is 2.68. The van der Waals surface area contributed by atoms with Gasteiger partial charge < -0.3 is 4.74 Å². The molecule has 0 bridgehead atoms. The van der Waals surface area contributed by atoms with Crippen molar-refractivity contribution in [1.29, 1.82) is 0 Å². The second kappa shape index (κ2) is 10.8. The number of hydrogen-bond donors (Lipinski definition) is 0. The highest BCUT2D eigenvalue weighted by Crippen LogP contribution is 2.14. The van der Waals surface area contributed by atoms with Gasteiger partial charge in [0, 0.05) is 10.9 Å². The molecule has 3 heteroatoms. The number of alkyl halides is 1. The molecular weight excluding hydrogens is 364 g/mol. The molecule has 2 nitrogen and oxygen atoms in total. The molecule has 2 aromatic rings. The predicted molar refractivity (Wildman–Crippen MR) is 104 cm³/mol. The standard InChI is InChI=1S/C21H23BrO2/c22-16-6-1-2-7-17-24-20-13-11-19(12-14-20)21(23)15-10-18-8-4-3-5-9-18/h3-5,8-15H,1-2,6-7,16-17H2/b15-10+. The van der Waals surface area contributed by atoms with Gasteiger partial charge in [0.05, 0.1) is 6.61 Å². The molecule has 0 aliphatic heterocycles. The highest BCUT2D eigenvalue weighted by molar-refractivity contribution is 9.09. The zero-order chi connectivity index (χ0) is 17.0. The number of ether oxygens (including phenoxy) is 1. The number of carbonyl (C=O) groups is 1. The number of hydrogen-bond acceptors (Lipinski definition) is 2. The number of allylic oxidation sites excluding steroid dienone is 1. The normalized spacial score (nSPS) is 10.9. The second-order valence-electron chi connectivity index (χ2n) is 5.58. The monoisotopic (exact) mass is 386 g/mol. The van der Waals surface area contributed by atoms with Gasteiger partial charge in [-0.1, -0.05) is 65.2 Å². The van der Waals surface area contributed by atoms with Crippen molar-refractivity contribution in [2.75, 3.05) is 11.9 Å². The summed E-state index contributed by atoms with van der Waals surface area (Å²) < 4.78 is 5.71. The summed E-state index contributed by atoms with van der Waals surface area (Å²) >= 11 is 3.43. The first-order valence-electron chi connectivity index (χ1n) is 8.36. The third-order valence-electron chi connectivity index (χ3n) is 3.66. The van der Waals surface area contributed by atoms with Crippen molar-refractivity contribution >= 4 is 27.8 Å². The fraction of sp³-hybridized carbons (Fsp3) is 0.286. The lowest BCUT2D eigenvalue weighted by atomic mass is 10.1. The van der Waals surface area contributed by atoms with E-state index in [1.807, 2.05) is 60.7 Å². The Balaban J connectivity index is 1.78. The van der Waals surface area contributed by atoms with Crippen molar-refractivity contribution in [2.24, 2.45) is 0 Å². The number of halogens is 1. The van der Waals surface area contributed by atoms with Crippen molar-refractivity contribution in [2.45, 2.75) is 25.7 Å². The minimum atomic E-state index is 0.000163. The SMILES string of the molecule is O=C(/C=C/c1ccccc1)c1ccc(OCCCCCCBr)cc1. The van der Waals surface area contributed by atoms with E-state index < -0.39 is 0 Å². The Morgan fingerprint density at radius 1 is 0.917 bits per heavy atom. The summed E-state index contributed by atoms with van der Waals surface area (Å²) in [4.78, 5) is 12.2. The van der Waals surface area contributed by atoms with Crippen LogP contribution < -0.4 is 4.74 Å². The summed E-state index contributed by atoms with van der Waals surface area (Å²) in [5, 5.41) is 1.07. The van der Waals surface area contributed by atoms with Crippen molar-refractivity contribution in [3.63, 3.8) is 0 Å². The summed E-state index contributed by atoms with van der Waals surface area (Å²) in [6.45, 7) is 0.726. The van der Waals surface area contributed by atoms with Crippen LogP contribution in [0, 0.1) is 0 Å². The van der Waals surface area contributed by atoms with Gasteiger partial charge in [-0.05, 0) is 48.7 Å². The lowest BCUT2D eigenvalue weighted by Gasteiger charge is -2.06. The number of ketones is 1. The molecule has 0 radical (unpaired) electrons. The molecule has 0 fully saturated rings. The molecule has 0 atom stereocenters. The minimum Gasteiger partial charge on any atom is -0.494 e. The van der Waals surface area contributed by atoms with Crippen molar-refractivity contribution in [1.82, 2.24) is 0 Å². The first-order chi connectivity index (χ1) is 11.8. The molecule has 2 aromatic carbocycles. The van der Waals surface area contributed by atoms with Crippen molar-refractivity contribution in [3.05, 3.63) is 71.8 Å². The molecule has 0 unspecified atom stereocenters. The van der Waals surface area contributed by atoms with Gasteiger partial charge in [-0.3, -0.25) is 4.79 Å². The number of benzene rings is 2. The van der Waals surface area contributed by atoms with E-state index >= 15 is 0 Å². The molecule has 24 heavy (non-hydrogen) atoms. The van der Waals surface area contributed by atoms with Gasteiger partial charge in [0.15, 0.2) is 5.78 Å². The number of unbranched alkanes of at least 4 members (excludes halogenated alkanes) is 3. The Bertz CT molecular complexity index is 633. The molecule has 0 heterocycles. The molecule has 0 saturated heterocycles. The summed E-state index contributed by atoms with van der Waals surface area (Å²) in [5.74, 6) is 0.819. The summed E-state index contributed by atoms with van der Waals surface area (Å²) in [6, 6.07) is 17.2. The van der Waals surface area contributed by atoms with Crippen LogP contribution in [0.4, 0.5) is 0 Å². The Hall–Kier alpha value is -1.87. The van der Waals surface area contributed by atoms with Gasteiger partial charge in [0.2, 0.25) is 0 Å². The van der Waals surface area contributed by atoms with Gasteiger partial charge in [-0.15, -0.1) is 0 Å². The van der Waals surface area contributed by atoms with Crippen LogP contribution in [0.5, 0.6) is 5.75 Å². The van der Waals surface area contributed by atoms with E-state index in [1.165, 1.54) is 19.3 Å². The van der Waals surface area contributed by atoms with Crippen LogP contribution in [-0.4, -0.2) is 17.7 Å². The first-order valence-corrected chi connectivity index (χ1v) is 9.48. The summed E-state index contributed by atoms with van der Waals surface area (Å²) in [6.07, 6.45) is 8.14. The minimum absolute atomic E-state index is 0.000163. The van der Waals surface area contributed by atoms with Gasteiger partial charge >= 0.3 is 0 Å². The van der Waals surface area contributed by atoms with Gasteiger partial charge in [0.1, 0.15) is 5.75 Å². The Morgan fingerprint density at radius 2 is 1.62 bits per heavy atom.